The van der Waals surface area contributed by atoms with Gasteiger partial charge in [0.15, 0.2) is 17.3 Å². The molecule has 0 aromatic carbocycles. The molecule has 0 aliphatic heterocycles. The molecule has 0 aliphatic rings. The molecule has 0 amide bonds. The van der Waals surface area contributed by atoms with Gasteiger partial charge in [0, 0.05) is 36.5 Å². The Hall–Kier alpha value is -2.24. The minimum absolute atomic E-state index is 0. The summed E-state index contributed by atoms with van der Waals surface area (Å²) in [7, 11) is 1.60. The maximum Gasteiger partial charge on any atom is 1.00 e. The van der Waals surface area contributed by atoms with E-state index < -0.39 is 34.9 Å². The Kier molecular flexibility index (Phi) is 11.9. The molecule has 0 bridgehead atoms. The molecule has 6 heterocycles. The first-order chi connectivity index (χ1) is 19.9. The number of carbonyl (C=O) groups excluding carboxylic acids is 2. The van der Waals surface area contributed by atoms with Gasteiger partial charge >= 0.3 is 109 Å². The van der Waals surface area contributed by atoms with Crippen LogP contribution in [0, 0.1) is 0 Å². The average Bonchev–Trinajstić information content (AvgIpc) is 3.67. The van der Waals surface area contributed by atoms with Gasteiger partial charge in [0.25, 0.3) is 5.56 Å². The molecule has 0 saturated heterocycles. The molecule has 6 rings (SSSR count). The summed E-state index contributed by atoms with van der Waals surface area (Å²) < 4.78 is 46.6. The van der Waals surface area contributed by atoms with Crippen molar-refractivity contribution >= 4 is 40.1 Å². The quantitative estimate of drug-likeness (QED) is 0.132. The summed E-state index contributed by atoms with van der Waals surface area (Å²) >= 11 is 6.37. The van der Waals surface area contributed by atoms with Crippen molar-refractivity contribution in [3.05, 3.63) is 99.6 Å². The molecular weight excluding hydrogens is 663 g/mol. The van der Waals surface area contributed by atoms with Gasteiger partial charge in [0.1, 0.15) is 5.65 Å². The van der Waals surface area contributed by atoms with Crippen LogP contribution in [0.3, 0.4) is 0 Å². The molecule has 0 atom stereocenters. The van der Waals surface area contributed by atoms with E-state index in [-0.39, 0.29) is 136 Å². The number of nitrogens with zero attached hydrogens (tertiary/aromatic N) is 8. The molecule has 13 nitrogen and oxygen atoms in total. The number of aryl methyl sites for hydroxylation is 1. The molecular formula is C25H14ClF3K2N8O5. The molecule has 0 N–H and O–H groups in total. The fourth-order valence-electron chi connectivity index (χ4n) is 4.37. The Balaban J connectivity index is 0.000000833. The second-order valence-electron chi connectivity index (χ2n) is 8.55. The summed E-state index contributed by atoms with van der Waals surface area (Å²) in [6, 6.07) is 8.46. The fourth-order valence-corrected chi connectivity index (χ4v) is 4.60. The number of hydrogen-bond donors (Lipinski definition) is 0. The standard InChI is InChI=1S/C24H14ClF3N8O2.CH2O3.2K/c1-33-12-15(13-10-16(25)23(32-22(13)33)36-29-7-8-30-36)20(38)14-11-31-35(21(14)24(26,27)28)18-5-3-9-34-17(18)4-2-6-19(34)37;2-1(3)4;;/h2-12H,1H3;(H2,2,3,4);;/q;;2*+1/p-2. The van der Waals surface area contributed by atoms with Gasteiger partial charge < -0.3 is 19.6 Å². The third kappa shape index (κ3) is 7.10. The monoisotopic (exact) mass is 676 g/mol. The number of aromatic nitrogens is 8. The van der Waals surface area contributed by atoms with Gasteiger partial charge in [-0.1, -0.05) is 17.7 Å². The van der Waals surface area contributed by atoms with Crippen LogP contribution in [0.25, 0.3) is 28.1 Å². The molecule has 0 fully saturated rings. The minimum Gasteiger partial charge on any atom is -0.652 e. The van der Waals surface area contributed by atoms with Crippen molar-refractivity contribution in [2.24, 2.45) is 7.05 Å². The number of fused-ring (bicyclic) bond motifs is 2. The molecule has 44 heavy (non-hydrogen) atoms. The number of hydrogen-bond acceptors (Lipinski definition) is 9. The predicted octanol–water partition coefficient (Wildman–Crippen LogP) is -4.58. The average molecular weight is 677 g/mol. The van der Waals surface area contributed by atoms with Crippen molar-refractivity contribution in [3.8, 4) is 11.5 Å². The topological polar surface area (TPSA) is 168 Å². The smallest absolute Gasteiger partial charge is 0.652 e. The van der Waals surface area contributed by atoms with E-state index in [1.54, 1.807) is 7.05 Å². The molecule has 0 aliphatic carbocycles. The first-order valence-corrected chi connectivity index (χ1v) is 12.0. The van der Waals surface area contributed by atoms with Crippen LogP contribution in [0.5, 0.6) is 0 Å². The number of carboxylic acid groups (broad SMARTS) is 2. The van der Waals surface area contributed by atoms with E-state index in [4.69, 9.17) is 26.6 Å². The second-order valence-corrected chi connectivity index (χ2v) is 8.95. The first kappa shape index (κ1) is 36.2. The maximum atomic E-state index is 14.4. The van der Waals surface area contributed by atoms with E-state index in [9.17, 15) is 22.8 Å². The summed E-state index contributed by atoms with van der Waals surface area (Å²) in [5.41, 5.74) is -1.95. The molecule has 0 saturated carbocycles. The zero-order valence-corrected chi connectivity index (χ0v) is 30.0. The molecule has 0 spiro atoms. The normalized spacial score (nSPS) is 10.9. The van der Waals surface area contributed by atoms with E-state index >= 15 is 0 Å². The summed E-state index contributed by atoms with van der Waals surface area (Å²) in [4.78, 5) is 39.8. The third-order valence-electron chi connectivity index (χ3n) is 5.99. The molecule has 0 unspecified atom stereocenters. The van der Waals surface area contributed by atoms with Gasteiger partial charge in [0.2, 0.25) is 0 Å². The Morgan fingerprint density at radius 3 is 2.27 bits per heavy atom. The van der Waals surface area contributed by atoms with Gasteiger partial charge in [-0.15, -0.1) is 4.80 Å². The van der Waals surface area contributed by atoms with Crippen LogP contribution in [0.1, 0.15) is 21.6 Å². The van der Waals surface area contributed by atoms with Gasteiger partial charge in [-0.2, -0.15) is 28.5 Å². The van der Waals surface area contributed by atoms with Crippen molar-refractivity contribution in [1.29, 1.82) is 0 Å². The minimum atomic E-state index is -4.96. The maximum absolute atomic E-state index is 14.4. The number of alkyl halides is 3. The van der Waals surface area contributed by atoms with Crippen LogP contribution in [0.2, 0.25) is 5.02 Å². The van der Waals surface area contributed by atoms with Crippen LogP contribution in [0.4, 0.5) is 18.0 Å². The number of pyridine rings is 3. The SMILES string of the molecule is Cn1cc(C(=O)c2cnn(-c3cccn4c(=O)cccc34)c2C(F)(F)F)c2cc(Cl)c(-n3nccn3)nc21.O=C([O-])[O-].[K+].[K+]. The van der Waals surface area contributed by atoms with Crippen molar-refractivity contribution in [2.45, 2.75) is 6.18 Å². The van der Waals surface area contributed by atoms with Crippen molar-refractivity contribution in [1.82, 2.24) is 38.7 Å². The van der Waals surface area contributed by atoms with Crippen molar-refractivity contribution in [3.63, 3.8) is 0 Å². The van der Waals surface area contributed by atoms with Crippen LogP contribution >= 0.6 is 11.6 Å². The molecule has 0 radical (unpaired) electrons. The molecule has 19 heteroatoms. The fraction of sp³-hybridized carbons (Fsp3) is 0.0800. The van der Waals surface area contributed by atoms with Gasteiger partial charge in [-0.25, -0.2) is 9.67 Å². The summed E-state index contributed by atoms with van der Waals surface area (Å²) in [5, 5.41) is 28.9. The number of carbonyl (C=O) groups is 2. The van der Waals surface area contributed by atoms with E-state index in [2.05, 4.69) is 20.3 Å². The Morgan fingerprint density at radius 1 is 0.977 bits per heavy atom. The largest absolute Gasteiger partial charge is 1.00 e. The number of rotatable bonds is 4. The van der Waals surface area contributed by atoms with Crippen LogP contribution in [-0.2, 0) is 13.2 Å². The van der Waals surface area contributed by atoms with E-state index in [1.165, 1.54) is 74.9 Å². The number of halogens is 4. The van der Waals surface area contributed by atoms with E-state index in [0.717, 1.165) is 6.20 Å². The Labute approximate surface area is 334 Å². The first-order valence-electron chi connectivity index (χ1n) is 11.6. The Morgan fingerprint density at radius 2 is 1.64 bits per heavy atom. The third-order valence-corrected chi connectivity index (χ3v) is 6.27. The van der Waals surface area contributed by atoms with Crippen LogP contribution in [0.15, 0.2) is 72.2 Å². The molecule has 6 aromatic rings. The van der Waals surface area contributed by atoms with Crippen molar-refractivity contribution < 1.29 is 136 Å². The van der Waals surface area contributed by atoms with Crippen LogP contribution < -0.4 is 119 Å². The second kappa shape index (κ2) is 14.5. The summed E-state index contributed by atoms with van der Waals surface area (Å²) in [6.07, 6.45) is -0.737. The van der Waals surface area contributed by atoms with E-state index in [1.807, 2.05) is 0 Å². The zero-order valence-electron chi connectivity index (χ0n) is 23.0. The predicted molar refractivity (Wildman–Crippen MR) is 135 cm³/mol. The van der Waals surface area contributed by atoms with Gasteiger partial charge in [-0.3, -0.25) is 14.0 Å². The van der Waals surface area contributed by atoms with Gasteiger partial charge in [-0.05, 0) is 30.4 Å². The van der Waals surface area contributed by atoms with Crippen molar-refractivity contribution in [2.75, 3.05) is 0 Å². The van der Waals surface area contributed by atoms with Gasteiger partial charge in [0.05, 0.1) is 40.4 Å². The van der Waals surface area contributed by atoms with E-state index in [0.29, 0.717) is 10.3 Å². The molecule has 6 aromatic heterocycles. The van der Waals surface area contributed by atoms with Crippen LogP contribution in [-0.4, -0.2) is 50.7 Å². The number of ketones is 1. The Bertz CT molecular complexity index is 2060. The molecule has 214 valence electrons. The summed E-state index contributed by atoms with van der Waals surface area (Å²) in [5.74, 6) is -0.728. The summed E-state index contributed by atoms with van der Waals surface area (Å²) in [6.45, 7) is 0. The zero-order chi connectivity index (χ0) is 30.3.